The zero-order valence-corrected chi connectivity index (χ0v) is 18.9. The summed E-state index contributed by atoms with van der Waals surface area (Å²) in [6.45, 7) is 11.2. The molecule has 28 heavy (non-hydrogen) atoms. The van der Waals surface area contributed by atoms with Gasteiger partial charge in [-0.25, -0.2) is 4.99 Å². The number of halogens is 1. The van der Waals surface area contributed by atoms with Crippen molar-refractivity contribution in [1.29, 1.82) is 5.26 Å². The van der Waals surface area contributed by atoms with Gasteiger partial charge in [-0.2, -0.15) is 9.64 Å². The van der Waals surface area contributed by atoms with Gasteiger partial charge in [0.2, 0.25) is 5.06 Å². The predicted molar refractivity (Wildman–Crippen MR) is 117 cm³/mol. The second kappa shape index (κ2) is 9.40. The summed E-state index contributed by atoms with van der Waals surface area (Å²) in [5.41, 5.74) is 2.88. The molecule has 0 radical (unpaired) electrons. The summed E-state index contributed by atoms with van der Waals surface area (Å²) in [4.78, 5) is 6.46. The van der Waals surface area contributed by atoms with Crippen LogP contribution < -0.4 is 4.74 Å². The van der Waals surface area contributed by atoms with Crippen LogP contribution >= 0.6 is 23.1 Å². The number of aliphatic imine (C=N–C) groups is 1. The van der Waals surface area contributed by atoms with Gasteiger partial charge in [-0.1, -0.05) is 32.4 Å². The van der Waals surface area contributed by atoms with Crippen molar-refractivity contribution < 1.29 is 4.74 Å². The molecule has 0 aliphatic carbocycles. The van der Waals surface area contributed by atoms with Crippen LogP contribution in [0.15, 0.2) is 17.1 Å². The van der Waals surface area contributed by atoms with Crippen molar-refractivity contribution in [2.45, 2.75) is 52.9 Å². The Morgan fingerprint density at radius 1 is 1.36 bits per heavy atom. The van der Waals surface area contributed by atoms with Gasteiger partial charge in [-0.15, -0.1) is 0 Å². The third-order valence-corrected chi connectivity index (χ3v) is 6.27. The lowest BCUT2D eigenvalue weighted by atomic mass is 9.80. The lowest BCUT2D eigenvalue weighted by Crippen LogP contribution is -2.21. The molecule has 5 nitrogen and oxygen atoms in total. The molecule has 2 aromatic rings. The molecule has 0 N–H and O–H groups in total. The zero-order valence-electron chi connectivity index (χ0n) is 17.3. The van der Waals surface area contributed by atoms with Crippen LogP contribution in [-0.2, 0) is 5.41 Å². The first kappa shape index (κ1) is 22.2. The Morgan fingerprint density at radius 3 is 2.61 bits per heavy atom. The highest BCUT2D eigenvalue weighted by molar-refractivity contribution is 7.08. The van der Waals surface area contributed by atoms with Crippen LogP contribution in [0.3, 0.4) is 0 Å². The van der Waals surface area contributed by atoms with Gasteiger partial charge >= 0.3 is 0 Å². The lowest BCUT2D eigenvalue weighted by molar-refractivity contribution is 0.426. The van der Waals surface area contributed by atoms with Crippen molar-refractivity contribution in [3.8, 4) is 16.9 Å². The summed E-state index contributed by atoms with van der Waals surface area (Å²) in [6.07, 6.45) is 3.58. The van der Waals surface area contributed by atoms with Crippen LogP contribution in [0.5, 0.6) is 10.8 Å². The van der Waals surface area contributed by atoms with Crippen molar-refractivity contribution in [2.24, 2.45) is 4.99 Å². The smallest absolute Gasteiger partial charge is 0.218 e. The molecular weight excluding hydrogens is 392 g/mol. The summed E-state index contributed by atoms with van der Waals surface area (Å²) in [7, 11) is 1.96. The number of aryl methyl sites for hydroxylation is 1. The normalized spacial score (nSPS) is 11.6. The van der Waals surface area contributed by atoms with E-state index in [2.05, 4.69) is 43.1 Å². The molecule has 0 bridgehead atoms. The van der Waals surface area contributed by atoms with E-state index in [4.69, 9.17) is 16.3 Å². The van der Waals surface area contributed by atoms with Gasteiger partial charge in [0.15, 0.2) is 0 Å². The van der Waals surface area contributed by atoms with Gasteiger partial charge in [0.1, 0.15) is 17.4 Å². The van der Waals surface area contributed by atoms with Gasteiger partial charge in [0, 0.05) is 30.5 Å². The van der Waals surface area contributed by atoms with Gasteiger partial charge in [-0.3, -0.25) is 0 Å². The Balaban J connectivity index is 2.37. The van der Waals surface area contributed by atoms with E-state index >= 15 is 0 Å². The van der Waals surface area contributed by atoms with Crippen LogP contribution in [0, 0.1) is 18.3 Å². The second-order valence-electron chi connectivity index (χ2n) is 7.06. The Kier molecular flexibility index (Phi) is 7.45. The fraction of sp³-hybridized carbons (Fsp3) is 0.476. The van der Waals surface area contributed by atoms with E-state index in [0.29, 0.717) is 21.4 Å². The topological polar surface area (TPSA) is 61.5 Å². The quantitative estimate of drug-likeness (QED) is 0.364. The van der Waals surface area contributed by atoms with Crippen molar-refractivity contribution >= 4 is 35.2 Å². The highest BCUT2D eigenvalue weighted by atomic mass is 35.5. The first-order valence-electron chi connectivity index (χ1n) is 9.42. The highest BCUT2D eigenvalue weighted by Gasteiger charge is 2.31. The minimum atomic E-state index is -0.146. The zero-order chi connectivity index (χ0) is 20.9. The average Bonchev–Trinajstić information content (AvgIpc) is 3.11. The fourth-order valence-corrected chi connectivity index (χ4v) is 3.69. The standard InChI is InChI=1S/C21H27ClN4OS/c1-7-21(5,8-2)19-15(12-23)20(28-25-19)27-18-10-14(4)17(11-16(18)22)24-13-26(6)9-3/h10-11,13H,7-9H2,1-6H3. The van der Waals surface area contributed by atoms with Crippen molar-refractivity contribution in [2.75, 3.05) is 13.6 Å². The van der Waals surface area contributed by atoms with E-state index in [9.17, 15) is 5.26 Å². The summed E-state index contributed by atoms with van der Waals surface area (Å²) < 4.78 is 10.6. The SMILES string of the molecule is CCN(C)C=Nc1cc(Cl)c(Oc2snc(C(C)(CC)CC)c2C#N)cc1C. The minimum Gasteiger partial charge on any atom is -0.442 e. The van der Waals surface area contributed by atoms with Crippen LogP contribution in [-0.4, -0.2) is 29.2 Å². The monoisotopic (exact) mass is 418 g/mol. The fourth-order valence-electron chi connectivity index (χ4n) is 2.64. The Bertz CT molecular complexity index is 897. The van der Waals surface area contributed by atoms with E-state index in [0.717, 1.165) is 36.3 Å². The Hall–Kier alpha value is -2.10. The third kappa shape index (κ3) is 4.65. The molecule has 7 heteroatoms. The van der Waals surface area contributed by atoms with E-state index in [1.807, 2.05) is 24.9 Å². The molecule has 150 valence electrons. The number of rotatable bonds is 8. The van der Waals surface area contributed by atoms with Gasteiger partial charge in [0.05, 0.1) is 22.7 Å². The summed E-state index contributed by atoms with van der Waals surface area (Å²) in [6, 6.07) is 5.90. The molecule has 0 saturated carbocycles. The number of aromatic nitrogens is 1. The van der Waals surface area contributed by atoms with Crippen molar-refractivity contribution in [3.63, 3.8) is 0 Å². The lowest BCUT2D eigenvalue weighted by Gasteiger charge is -2.24. The van der Waals surface area contributed by atoms with Crippen molar-refractivity contribution in [1.82, 2.24) is 9.27 Å². The molecule has 0 spiro atoms. The maximum Gasteiger partial charge on any atom is 0.218 e. The largest absolute Gasteiger partial charge is 0.442 e. The molecule has 1 aromatic carbocycles. The van der Waals surface area contributed by atoms with E-state index < -0.39 is 0 Å². The number of benzene rings is 1. The molecule has 0 aliphatic rings. The molecule has 0 unspecified atom stereocenters. The molecule has 0 fully saturated rings. The molecule has 1 aromatic heterocycles. The number of nitriles is 1. The van der Waals surface area contributed by atoms with Crippen molar-refractivity contribution in [3.05, 3.63) is 34.0 Å². The number of ether oxygens (including phenoxy) is 1. The Morgan fingerprint density at radius 2 is 2.04 bits per heavy atom. The third-order valence-electron chi connectivity index (χ3n) is 5.25. The molecule has 1 heterocycles. The number of nitrogens with zero attached hydrogens (tertiary/aromatic N) is 4. The minimum absolute atomic E-state index is 0.146. The molecule has 0 atom stereocenters. The van der Waals surface area contributed by atoms with E-state index in [1.54, 1.807) is 12.4 Å². The molecule has 2 rings (SSSR count). The number of hydrogen-bond acceptors (Lipinski definition) is 5. The van der Waals surface area contributed by atoms with Gasteiger partial charge < -0.3 is 9.64 Å². The predicted octanol–water partition coefficient (Wildman–Crippen LogP) is 6.46. The van der Waals surface area contributed by atoms with Crippen LogP contribution in [0.2, 0.25) is 5.02 Å². The first-order chi connectivity index (χ1) is 13.3. The highest BCUT2D eigenvalue weighted by Crippen LogP contribution is 2.42. The average molecular weight is 419 g/mol. The van der Waals surface area contributed by atoms with Gasteiger partial charge in [0.25, 0.3) is 0 Å². The summed E-state index contributed by atoms with van der Waals surface area (Å²) in [5, 5.41) is 10.6. The van der Waals surface area contributed by atoms with Crippen LogP contribution in [0.4, 0.5) is 5.69 Å². The molecule has 0 aliphatic heterocycles. The molecular formula is C21H27ClN4OS. The van der Waals surface area contributed by atoms with Crippen LogP contribution in [0.25, 0.3) is 0 Å². The maximum absolute atomic E-state index is 9.71. The first-order valence-corrected chi connectivity index (χ1v) is 10.6. The second-order valence-corrected chi connectivity index (χ2v) is 8.21. The summed E-state index contributed by atoms with van der Waals surface area (Å²) in [5.74, 6) is 0.503. The maximum atomic E-state index is 9.71. The molecule has 0 amide bonds. The van der Waals surface area contributed by atoms with Crippen LogP contribution in [0.1, 0.15) is 57.4 Å². The van der Waals surface area contributed by atoms with E-state index in [-0.39, 0.29) is 5.41 Å². The summed E-state index contributed by atoms with van der Waals surface area (Å²) >= 11 is 7.64. The number of hydrogen-bond donors (Lipinski definition) is 0. The Labute approximate surface area is 176 Å². The van der Waals surface area contributed by atoms with E-state index in [1.165, 1.54) is 11.5 Å². The van der Waals surface area contributed by atoms with Gasteiger partial charge in [-0.05, 0) is 44.4 Å². The molecule has 0 saturated heterocycles.